The molecule has 0 fully saturated rings. The lowest BCUT2D eigenvalue weighted by molar-refractivity contribution is 0.102. The van der Waals surface area contributed by atoms with Crippen LogP contribution in [0.25, 0.3) is 0 Å². The van der Waals surface area contributed by atoms with Crippen LogP contribution in [0.15, 0.2) is 53.2 Å². The first-order valence-electron chi connectivity index (χ1n) is 8.91. The Bertz CT molecular complexity index is 883. The van der Waals surface area contributed by atoms with E-state index in [0.717, 1.165) is 24.5 Å². The topological polar surface area (TPSA) is 83.3 Å². The van der Waals surface area contributed by atoms with Crippen molar-refractivity contribution in [1.29, 1.82) is 0 Å². The molecule has 0 saturated carbocycles. The number of amides is 1. The molecule has 0 spiro atoms. The van der Waals surface area contributed by atoms with E-state index in [4.69, 9.17) is 4.52 Å². The van der Waals surface area contributed by atoms with Crippen LogP contribution in [0.1, 0.15) is 30.0 Å². The molecule has 0 unspecified atom stereocenters. The highest BCUT2D eigenvalue weighted by atomic mass is 16.5. The predicted molar refractivity (Wildman–Crippen MR) is 107 cm³/mol. The van der Waals surface area contributed by atoms with Gasteiger partial charge in [-0.05, 0) is 57.2 Å². The number of hydrogen-bond acceptors (Lipinski definition) is 6. The molecule has 0 atom stereocenters. The van der Waals surface area contributed by atoms with E-state index in [1.807, 2.05) is 31.2 Å². The number of aryl methyl sites for hydroxylation is 1. The average molecular weight is 365 g/mol. The number of carbonyl (C=O) groups is 1. The van der Waals surface area contributed by atoms with E-state index in [2.05, 4.69) is 39.5 Å². The second kappa shape index (κ2) is 8.35. The molecule has 0 aliphatic heterocycles. The number of nitrogens with one attached hydrogen (secondary N) is 2. The maximum atomic E-state index is 12.4. The van der Waals surface area contributed by atoms with Gasteiger partial charge in [0.2, 0.25) is 0 Å². The first-order valence-corrected chi connectivity index (χ1v) is 8.91. The lowest BCUT2D eigenvalue weighted by Gasteiger charge is -2.21. The molecular formula is C20H23N5O2. The van der Waals surface area contributed by atoms with Gasteiger partial charge in [0.15, 0.2) is 5.82 Å². The molecule has 2 heterocycles. The summed E-state index contributed by atoms with van der Waals surface area (Å²) in [5.41, 5.74) is 2.36. The third-order valence-electron chi connectivity index (χ3n) is 4.16. The van der Waals surface area contributed by atoms with Crippen LogP contribution in [0.4, 0.5) is 23.0 Å². The summed E-state index contributed by atoms with van der Waals surface area (Å²) in [5.74, 6) is 1.66. The van der Waals surface area contributed by atoms with Crippen LogP contribution >= 0.6 is 0 Å². The van der Waals surface area contributed by atoms with E-state index < -0.39 is 0 Å². The SMILES string of the molecule is CCN(CC)c1ccc(NC(=O)c2ccc(Nc3cc(C)on3)nc2)cc1. The minimum Gasteiger partial charge on any atom is -0.372 e. The zero-order valence-electron chi connectivity index (χ0n) is 15.7. The molecule has 1 aromatic carbocycles. The lowest BCUT2D eigenvalue weighted by atomic mass is 10.2. The molecule has 0 radical (unpaired) electrons. The van der Waals surface area contributed by atoms with Gasteiger partial charge in [0.1, 0.15) is 11.6 Å². The molecule has 2 aromatic heterocycles. The van der Waals surface area contributed by atoms with Crippen LogP contribution in [-0.2, 0) is 0 Å². The van der Waals surface area contributed by atoms with Crippen molar-refractivity contribution in [3.05, 3.63) is 60.0 Å². The van der Waals surface area contributed by atoms with E-state index in [1.165, 1.54) is 6.20 Å². The molecule has 7 nitrogen and oxygen atoms in total. The first kappa shape index (κ1) is 18.4. The van der Waals surface area contributed by atoms with Crippen molar-refractivity contribution in [3.8, 4) is 0 Å². The third kappa shape index (κ3) is 4.63. The van der Waals surface area contributed by atoms with E-state index in [-0.39, 0.29) is 5.91 Å². The molecule has 140 valence electrons. The van der Waals surface area contributed by atoms with Gasteiger partial charge in [-0.3, -0.25) is 4.79 Å². The van der Waals surface area contributed by atoms with Crippen LogP contribution < -0.4 is 15.5 Å². The van der Waals surface area contributed by atoms with E-state index in [1.54, 1.807) is 18.2 Å². The summed E-state index contributed by atoms with van der Waals surface area (Å²) in [6, 6.07) is 13.0. The van der Waals surface area contributed by atoms with Gasteiger partial charge >= 0.3 is 0 Å². The molecule has 2 N–H and O–H groups in total. The molecule has 0 aliphatic rings. The summed E-state index contributed by atoms with van der Waals surface area (Å²) in [6.07, 6.45) is 1.52. The number of benzene rings is 1. The van der Waals surface area contributed by atoms with E-state index in [9.17, 15) is 4.79 Å². The summed E-state index contributed by atoms with van der Waals surface area (Å²) in [5, 5.41) is 9.75. The van der Waals surface area contributed by atoms with Crippen LogP contribution in [0.3, 0.4) is 0 Å². The maximum absolute atomic E-state index is 12.4. The molecule has 0 bridgehead atoms. The molecule has 3 rings (SSSR count). The number of aromatic nitrogens is 2. The summed E-state index contributed by atoms with van der Waals surface area (Å²) in [4.78, 5) is 18.9. The monoisotopic (exact) mass is 365 g/mol. The van der Waals surface area contributed by atoms with Crippen molar-refractivity contribution < 1.29 is 9.32 Å². The zero-order valence-corrected chi connectivity index (χ0v) is 15.7. The number of rotatable bonds is 7. The second-order valence-corrected chi connectivity index (χ2v) is 6.05. The first-order chi connectivity index (χ1) is 13.1. The minimum absolute atomic E-state index is 0.207. The molecule has 27 heavy (non-hydrogen) atoms. The Morgan fingerprint density at radius 3 is 2.37 bits per heavy atom. The summed E-state index contributed by atoms with van der Waals surface area (Å²) < 4.78 is 5.00. The van der Waals surface area contributed by atoms with Crippen molar-refractivity contribution in [2.75, 3.05) is 28.6 Å². The third-order valence-corrected chi connectivity index (χ3v) is 4.16. The second-order valence-electron chi connectivity index (χ2n) is 6.05. The Morgan fingerprint density at radius 1 is 1.07 bits per heavy atom. The lowest BCUT2D eigenvalue weighted by Crippen LogP contribution is -2.21. The highest BCUT2D eigenvalue weighted by molar-refractivity contribution is 6.04. The van der Waals surface area contributed by atoms with Crippen molar-refractivity contribution in [2.24, 2.45) is 0 Å². The van der Waals surface area contributed by atoms with E-state index in [0.29, 0.717) is 23.0 Å². The van der Waals surface area contributed by atoms with Gasteiger partial charge in [0.25, 0.3) is 5.91 Å². The number of pyridine rings is 1. The van der Waals surface area contributed by atoms with Gasteiger partial charge in [-0.15, -0.1) is 0 Å². The normalized spacial score (nSPS) is 10.5. The van der Waals surface area contributed by atoms with Gasteiger partial charge in [-0.25, -0.2) is 4.98 Å². The minimum atomic E-state index is -0.207. The van der Waals surface area contributed by atoms with Gasteiger partial charge in [0, 0.05) is 36.7 Å². The van der Waals surface area contributed by atoms with Gasteiger partial charge < -0.3 is 20.1 Å². The van der Waals surface area contributed by atoms with Gasteiger partial charge in [0.05, 0.1) is 5.56 Å². The standard InChI is InChI=1S/C20H23N5O2/c1-4-25(5-2)17-9-7-16(8-10-17)22-20(26)15-6-11-18(21-13-15)23-19-12-14(3)27-24-19/h6-13H,4-5H2,1-3H3,(H,22,26)(H,21,23,24). The van der Waals surface area contributed by atoms with Crippen molar-refractivity contribution in [1.82, 2.24) is 10.1 Å². The summed E-state index contributed by atoms with van der Waals surface area (Å²) in [7, 11) is 0. The fourth-order valence-electron chi connectivity index (χ4n) is 2.71. The van der Waals surface area contributed by atoms with Crippen molar-refractivity contribution in [3.63, 3.8) is 0 Å². The highest BCUT2D eigenvalue weighted by Crippen LogP contribution is 2.19. The molecular weight excluding hydrogens is 342 g/mol. The number of hydrogen-bond donors (Lipinski definition) is 2. The maximum Gasteiger partial charge on any atom is 0.257 e. The fraction of sp³-hybridized carbons (Fsp3) is 0.250. The van der Waals surface area contributed by atoms with Crippen LogP contribution in [-0.4, -0.2) is 29.1 Å². The smallest absolute Gasteiger partial charge is 0.257 e. The predicted octanol–water partition coefficient (Wildman–Crippen LogP) is 4.22. The fourth-order valence-corrected chi connectivity index (χ4v) is 2.71. The number of carbonyl (C=O) groups excluding carboxylic acids is 1. The molecule has 7 heteroatoms. The molecule has 1 amide bonds. The molecule has 0 saturated heterocycles. The van der Waals surface area contributed by atoms with Gasteiger partial charge in [-0.2, -0.15) is 0 Å². The Labute approximate surface area is 158 Å². The number of nitrogens with zero attached hydrogens (tertiary/aromatic N) is 3. The van der Waals surface area contributed by atoms with Crippen molar-refractivity contribution in [2.45, 2.75) is 20.8 Å². The van der Waals surface area contributed by atoms with Crippen molar-refractivity contribution >= 4 is 28.9 Å². The Kier molecular flexibility index (Phi) is 5.71. The zero-order chi connectivity index (χ0) is 19.2. The van der Waals surface area contributed by atoms with E-state index >= 15 is 0 Å². The largest absolute Gasteiger partial charge is 0.372 e. The molecule has 0 aliphatic carbocycles. The van der Waals surface area contributed by atoms with Gasteiger partial charge in [-0.1, -0.05) is 5.16 Å². The summed E-state index contributed by atoms with van der Waals surface area (Å²) >= 11 is 0. The summed E-state index contributed by atoms with van der Waals surface area (Å²) in [6.45, 7) is 7.95. The number of anilines is 4. The van der Waals surface area contributed by atoms with Crippen LogP contribution in [0, 0.1) is 6.92 Å². The Balaban J connectivity index is 1.62. The van der Waals surface area contributed by atoms with Crippen LogP contribution in [0.2, 0.25) is 0 Å². The molecule has 3 aromatic rings. The van der Waals surface area contributed by atoms with Crippen LogP contribution in [0.5, 0.6) is 0 Å². The highest BCUT2D eigenvalue weighted by Gasteiger charge is 2.09. The average Bonchev–Trinajstić information content (AvgIpc) is 3.09. The Hall–Kier alpha value is -3.35. The quantitative estimate of drug-likeness (QED) is 0.652. The Morgan fingerprint density at radius 2 is 1.81 bits per heavy atom.